The summed E-state index contributed by atoms with van der Waals surface area (Å²) in [5, 5.41) is 58.2. The Kier molecular flexibility index (Phi) is 34.5. The predicted molar refractivity (Wildman–Crippen MR) is 383 cm³/mol. The molecule has 0 bridgehead atoms. The molecule has 9 aromatic rings. The fourth-order valence-electron chi connectivity index (χ4n) is 8.77. The SMILES string of the molecule is CC(C)(C)OC(=O)N[C@@H](CO)C(=O)O.Cc1cccc(-n2nc(C(F)F)c3ccc(N)cc32)c1.Cc1cccc(-n2nc(C(F)F)c3ccc(NC(=O)[C@@H](N)CO)cc32)c1.Cc1cccc(-n2nc(C(F)F)c3ccc(NC(=O)[C@H](CO)NC(=O)OC(C)(C)C)cc32)c1.Cl.Cl.S.S.S. The average Bonchev–Trinajstić information content (AvgIpc) is 1.64. The van der Waals surface area contributed by atoms with Crippen molar-refractivity contribution in [3.8, 4) is 17.1 Å². The molecule has 3 atom stereocenters. The Morgan fingerprint density at radius 1 is 0.490 bits per heavy atom. The molecule has 9 rings (SSSR count). The first-order valence-electron chi connectivity index (χ1n) is 28.5. The number of ether oxygens (including phenoxy) is 2. The van der Waals surface area contributed by atoms with Crippen molar-refractivity contribution in [3.05, 3.63) is 161 Å². The van der Waals surface area contributed by atoms with Gasteiger partial charge in [0.05, 0.1) is 53.4 Å². The molecular formula is C64H80Cl2F6N12O11S3. The number of halogens is 8. The summed E-state index contributed by atoms with van der Waals surface area (Å²) < 4.78 is 94.3. The van der Waals surface area contributed by atoms with Crippen LogP contribution < -0.4 is 32.7 Å². The first-order valence-corrected chi connectivity index (χ1v) is 28.5. The van der Waals surface area contributed by atoms with E-state index in [1.807, 2.05) is 74.6 Å². The van der Waals surface area contributed by atoms with Crippen molar-refractivity contribution in [1.82, 2.24) is 40.0 Å². The van der Waals surface area contributed by atoms with Gasteiger partial charge in [-0.1, -0.05) is 36.4 Å². The Labute approximate surface area is 593 Å². The van der Waals surface area contributed by atoms with Gasteiger partial charge in [0.25, 0.3) is 19.3 Å². The molecule has 34 heteroatoms. The lowest BCUT2D eigenvalue weighted by molar-refractivity contribution is -0.140. The normalized spacial score (nSPS) is 11.8. The molecule has 4 amide bonds. The highest BCUT2D eigenvalue weighted by molar-refractivity contribution is 7.59. The number of hydrogen-bond donors (Lipinski definition) is 10. The lowest BCUT2D eigenvalue weighted by atomic mass is 10.1. The summed E-state index contributed by atoms with van der Waals surface area (Å²) in [6.45, 7) is 13.8. The summed E-state index contributed by atoms with van der Waals surface area (Å²) in [5.41, 5.74) is 16.3. The molecular weight excluding hydrogens is 1390 g/mol. The number of hydrogen-bond acceptors (Lipinski definition) is 15. The predicted octanol–water partition coefficient (Wildman–Crippen LogP) is 11.6. The number of anilines is 3. The van der Waals surface area contributed by atoms with E-state index in [4.69, 9.17) is 36.3 Å². The number of aliphatic hydroxyl groups is 3. The van der Waals surface area contributed by atoms with Crippen molar-refractivity contribution in [3.63, 3.8) is 0 Å². The van der Waals surface area contributed by atoms with E-state index in [1.54, 1.807) is 90.1 Å². The molecule has 0 unspecified atom stereocenters. The van der Waals surface area contributed by atoms with E-state index >= 15 is 0 Å². The highest BCUT2D eigenvalue weighted by Gasteiger charge is 2.28. The number of nitrogens with two attached hydrogens (primary N) is 2. The zero-order chi connectivity index (χ0) is 68.8. The van der Waals surface area contributed by atoms with Gasteiger partial charge in [-0.2, -0.15) is 55.8 Å². The summed E-state index contributed by atoms with van der Waals surface area (Å²) in [6, 6.07) is 32.2. The topological polar surface area (TPSA) is 338 Å². The van der Waals surface area contributed by atoms with E-state index < -0.39 is 98.4 Å². The van der Waals surface area contributed by atoms with Crippen LogP contribution in [0.3, 0.4) is 0 Å². The number of aryl methyl sites for hydroxylation is 3. The molecule has 0 radical (unpaired) electrons. The van der Waals surface area contributed by atoms with E-state index in [-0.39, 0.29) is 93.5 Å². The Hall–Kier alpha value is -8.47. The number of fused-ring (bicyclic) bond motifs is 3. The van der Waals surface area contributed by atoms with E-state index in [9.17, 15) is 55.4 Å². The maximum absolute atomic E-state index is 13.6. The molecule has 3 aromatic heterocycles. The highest BCUT2D eigenvalue weighted by Crippen LogP contribution is 2.34. The van der Waals surface area contributed by atoms with Crippen LogP contribution in [-0.4, -0.2) is 129 Å². The minimum absolute atomic E-state index is 0. The molecule has 98 heavy (non-hydrogen) atoms. The molecule has 0 spiro atoms. The Morgan fingerprint density at radius 2 is 0.816 bits per heavy atom. The minimum atomic E-state index is -2.78. The van der Waals surface area contributed by atoms with Crippen LogP contribution in [0.25, 0.3) is 49.8 Å². The van der Waals surface area contributed by atoms with Gasteiger partial charge in [-0.25, -0.2) is 54.8 Å². The number of carboxylic acids is 1. The molecule has 12 N–H and O–H groups in total. The van der Waals surface area contributed by atoms with Gasteiger partial charge in [0, 0.05) is 33.2 Å². The third kappa shape index (κ3) is 24.2. The van der Waals surface area contributed by atoms with Crippen LogP contribution in [0.15, 0.2) is 127 Å². The van der Waals surface area contributed by atoms with Crippen LogP contribution in [0.1, 0.15) is 94.6 Å². The number of rotatable bonds is 16. The van der Waals surface area contributed by atoms with Gasteiger partial charge in [0.1, 0.15) is 40.4 Å². The third-order valence-corrected chi connectivity index (χ3v) is 12.9. The lowest BCUT2D eigenvalue weighted by Crippen LogP contribution is -2.47. The number of aromatic nitrogens is 6. The van der Waals surface area contributed by atoms with Crippen molar-refractivity contribution in [2.24, 2.45) is 5.73 Å². The molecule has 0 aliphatic heterocycles. The lowest BCUT2D eigenvalue weighted by Gasteiger charge is -2.22. The molecule has 0 fully saturated rings. The zero-order valence-corrected chi connectivity index (χ0v) is 58.9. The highest BCUT2D eigenvalue weighted by atomic mass is 35.5. The second-order valence-corrected chi connectivity index (χ2v) is 22.9. The standard InChI is InChI=1S/C23H26F2N4O4.C18H18F2N4O2.C15H13F2N3.C8H15NO5.2ClH.3H2S/c1-13-6-5-7-15(10-13)29-18-11-14(8-9-16(18)19(28-29)20(24)25)26-21(31)17(12-30)27-22(32)33-23(2,3)4;1-10-3-2-4-12(7-10)24-15-8-11(22-18(26)14(21)9-25)5-6-13(15)16(23-24)17(19)20;1-9-3-2-4-11(7-9)20-13-8-10(18)5-6-12(13)14(19-20)15(16)17;1-8(2,3)14-7(13)9-5(4-10)6(11)12;;;;;/h5-11,17,20,30H,12H2,1-4H3,(H,26,31)(H,27,32);2-8,14,17,25H,9,21H2,1H3,(H,22,26);2-8,15H,18H2,1H3;5,10H,4H2,1-3H3,(H,9,13)(H,11,12);2*1H;3*1H2/t17-;14-;;5-;;;;;/m00.0...../s1. The number of aliphatic hydroxyl groups excluding tert-OH is 3. The average molecular weight is 1470 g/mol. The van der Waals surface area contributed by atoms with Crippen LogP contribution in [0, 0.1) is 20.8 Å². The van der Waals surface area contributed by atoms with Gasteiger partial charge in [0.15, 0.2) is 6.04 Å². The number of alkyl carbamates (subject to hydrolysis) is 2. The van der Waals surface area contributed by atoms with Crippen molar-refractivity contribution < 1.29 is 80.2 Å². The quantitative estimate of drug-likeness (QED) is 0.0317. The zero-order valence-electron chi connectivity index (χ0n) is 54.3. The molecule has 6 aromatic carbocycles. The third-order valence-electron chi connectivity index (χ3n) is 12.9. The number of nitrogens with zero attached hydrogens (tertiary/aromatic N) is 6. The number of alkyl halides is 6. The molecule has 536 valence electrons. The number of benzene rings is 6. The number of nitrogen functional groups attached to an aromatic ring is 1. The van der Waals surface area contributed by atoms with Crippen LogP contribution in [0.2, 0.25) is 0 Å². The van der Waals surface area contributed by atoms with Crippen molar-refractivity contribution in [2.45, 2.75) is 111 Å². The second-order valence-electron chi connectivity index (χ2n) is 22.9. The summed E-state index contributed by atoms with van der Waals surface area (Å²) >= 11 is 0. The van der Waals surface area contributed by atoms with Gasteiger partial charge in [-0.05, 0) is 170 Å². The Balaban J connectivity index is 0.000000668. The minimum Gasteiger partial charge on any atom is -0.480 e. The summed E-state index contributed by atoms with van der Waals surface area (Å²) in [5.74, 6) is -2.57. The molecule has 3 heterocycles. The van der Waals surface area contributed by atoms with Crippen molar-refractivity contribution in [2.75, 3.05) is 36.2 Å². The van der Waals surface area contributed by atoms with Gasteiger partial charge in [-0.15, -0.1) is 24.8 Å². The first kappa shape index (κ1) is 87.5. The number of amides is 4. The maximum atomic E-state index is 13.6. The number of nitrogens with one attached hydrogen (secondary N) is 4. The van der Waals surface area contributed by atoms with Gasteiger partial charge in [-0.3, -0.25) is 9.59 Å². The van der Waals surface area contributed by atoms with Gasteiger partial charge >= 0.3 is 18.2 Å². The fraction of sp³-hybridized carbons (Fsp3) is 0.312. The molecule has 0 saturated carbocycles. The van der Waals surface area contributed by atoms with Crippen LogP contribution in [-0.2, 0) is 23.9 Å². The van der Waals surface area contributed by atoms with Crippen molar-refractivity contribution >= 4 is 145 Å². The Bertz CT molecular complexity index is 4140. The monoisotopic (exact) mass is 1470 g/mol. The van der Waals surface area contributed by atoms with Crippen LogP contribution >= 0.6 is 65.3 Å². The summed E-state index contributed by atoms with van der Waals surface area (Å²) in [6.07, 6.45) is -9.85. The molecule has 23 nitrogen and oxygen atoms in total. The summed E-state index contributed by atoms with van der Waals surface area (Å²) in [4.78, 5) is 57.8. The smallest absolute Gasteiger partial charge is 0.408 e. The summed E-state index contributed by atoms with van der Waals surface area (Å²) in [7, 11) is 0. The van der Waals surface area contributed by atoms with E-state index in [2.05, 4.69) is 31.2 Å². The van der Waals surface area contributed by atoms with Gasteiger partial charge in [0.2, 0.25) is 11.8 Å². The van der Waals surface area contributed by atoms with Crippen LogP contribution in [0.4, 0.5) is 53.0 Å². The largest absolute Gasteiger partial charge is 0.480 e. The number of aliphatic carboxylic acids is 1. The number of carbonyl (C=O) groups excluding carboxylic acids is 4. The first-order chi connectivity index (χ1) is 43.7. The van der Waals surface area contributed by atoms with E-state index in [0.29, 0.717) is 50.1 Å². The molecule has 0 aliphatic rings. The molecule has 0 saturated heterocycles. The van der Waals surface area contributed by atoms with Crippen molar-refractivity contribution in [1.29, 1.82) is 0 Å². The second kappa shape index (κ2) is 38.6. The van der Waals surface area contributed by atoms with Crippen LogP contribution in [0.5, 0.6) is 0 Å². The number of carboxylic acid groups (broad SMARTS) is 1. The maximum Gasteiger partial charge on any atom is 0.408 e. The van der Waals surface area contributed by atoms with Gasteiger partial charge < -0.3 is 62.6 Å². The Morgan fingerprint density at radius 3 is 1.12 bits per heavy atom. The fourth-order valence-corrected chi connectivity index (χ4v) is 8.77. The van der Waals surface area contributed by atoms with E-state index in [1.165, 1.54) is 44.4 Å². The van der Waals surface area contributed by atoms with E-state index in [0.717, 1.165) is 22.4 Å². The molecule has 0 aliphatic carbocycles. The number of carbonyl (C=O) groups is 5.